The van der Waals surface area contributed by atoms with E-state index in [1.54, 1.807) is 0 Å². The van der Waals surface area contributed by atoms with Crippen LogP contribution in [0.2, 0.25) is 0 Å². The van der Waals surface area contributed by atoms with Crippen molar-refractivity contribution >= 4 is 23.1 Å². The first kappa shape index (κ1) is 15.7. The topological polar surface area (TPSA) is 58.8 Å². The van der Waals surface area contributed by atoms with Gasteiger partial charge in [0.25, 0.3) is 0 Å². The van der Waals surface area contributed by atoms with E-state index in [0.717, 1.165) is 39.0 Å². The van der Waals surface area contributed by atoms with Crippen LogP contribution < -0.4 is 5.73 Å². The standard InChI is InChI=1S/C14H25N3O2S/c1-14(2,13(15)20)17-7-5-16(6-8-17)12(18)11-3-9-19-10-4-11/h11H,3-10H2,1-2H3,(H2,15,20). The third-order valence-electron chi connectivity index (χ3n) is 4.56. The molecule has 2 fully saturated rings. The molecule has 2 N–H and O–H groups in total. The van der Waals surface area contributed by atoms with Crippen molar-refractivity contribution < 1.29 is 9.53 Å². The van der Waals surface area contributed by atoms with Gasteiger partial charge in [0.2, 0.25) is 5.91 Å². The van der Waals surface area contributed by atoms with Crippen molar-refractivity contribution in [3.8, 4) is 0 Å². The third-order valence-corrected chi connectivity index (χ3v) is 5.05. The minimum absolute atomic E-state index is 0.152. The Hall–Kier alpha value is -0.720. The molecule has 2 saturated heterocycles. The van der Waals surface area contributed by atoms with Crippen LogP contribution in [0.3, 0.4) is 0 Å². The molecule has 0 saturated carbocycles. The minimum Gasteiger partial charge on any atom is -0.392 e. The summed E-state index contributed by atoms with van der Waals surface area (Å²) in [7, 11) is 0. The van der Waals surface area contributed by atoms with E-state index in [0.29, 0.717) is 24.1 Å². The second-order valence-electron chi connectivity index (χ2n) is 6.12. The van der Waals surface area contributed by atoms with Gasteiger partial charge in [0.05, 0.1) is 10.5 Å². The molecular formula is C14H25N3O2S. The van der Waals surface area contributed by atoms with E-state index >= 15 is 0 Å². The van der Waals surface area contributed by atoms with E-state index in [4.69, 9.17) is 22.7 Å². The second kappa shape index (κ2) is 6.37. The number of thiocarbonyl (C=S) groups is 1. The molecule has 0 unspecified atom stereocenters. The summed E-state index contributed by atoms with van der Waals surface area (Å²) in [5, 5.41) is 0. The van der Waals surface area contributed by atoms with Crippen molar-refractivity contribution in [3.05, 3.63) is 0 Å². The smallest absolute Gasteiger partial charge is 0.225 e. The summed E-state index contributed by atoms with van der Waals surface area (Å²) in [5.74, 6) is 0.444. The maximum Gasteiger partial charge on any atom is 0.225 e. The first-order chi connectivity index (χ1) is 9.43. The average Bonchev–Trinajstić information content (AvgIpc) is 2.47. The SMILES string of the molecule is CC(C)(C(N)=S)N1CCN(C(=O)C2CCOCC2)CC1. The second-order valence-corrected chi connectivity index (χ2v) is 6.56. The van der Waals surface area contributed by atoms with E-state index < -0.39 is 0 Å². The van der Waals surface area contributed by atoms with Crippen molar-refractivity contribution in [2.45, 2.75) is 32.2 Å². The number of piperazine rings is 1. The van der Waals surface area contributed by atoms with E-state index in [9.17, 15) is 4.79 Å². The summed E-state index contributed by atoms with van der Waals surface area (Å²) in [6, 6.07) is 0. The van der Waals surface area contributed by atoms with Gasteiger partial charge in [-0.25, -0.2) is 0 Å². The Morgan fingerprint density at radius 3 is 2.25 bits per heavy atom. The lowest BCUT2D eigenvalue weighted by Gasteiger charge is -2.44. The zero-order valence-electron chi connectivity index (χ0n) is 12.4. The number of carbonyl (C=O) groups is 1. The molecule has 0 spiro atoms. The fraction of sp³-hybridized carbons (Fsp3) is 0.857. The lowest BCUT2D eigenvalue weighted by molar-refractivity contribution is -0.140. The molecule has 0 aromatic heterocycles. The highest BCUT2D eigenvalue weighted by atomic mass is 32.1. The van der Waals surface area contributed by atoms with Gasteiger partial charge in [-0.05, 0) is 26.7 Å². The maximum atomic E-state index is 12.4. The Labute approximate surface area is 126 Å². The summed E-state index contributed by atoms with van der Waals surface area (Å²) in [6.45, 7) is 8.72. The third kappa shape index (κ3) is 3.30. The normalized spacial score (nSPS) is 22.8. The Bertz CT molecular complexity index is 373. The number of carbonyl (C=O) groups excluding carboxylic acids is 1. The van der Waals surface area contributed by atoms with Gasteiger partial charge in [0.15, 0.2) is 0 Å². The molecular weight excluding hydrogens is 274 g/mol. The van der Waals surface area contributed by atoms with Gasteiger partial charge in [-0.1, -0.05) is 12.2 Å². The molecule has 2 rings (SSSR count). The van der Waals surface area contributed by atoms with Gasteiger partial charge in [-0.3, -0.25) is 9.69 Å². The maximum absolute atomic E-state index is 12.4. The van der Waals surface area contributed by atoms with Crippen molar-refractivity contribution in [3.63, 3.8) is 0 Å². The monoisotopic (exact) mass is 299 g/mol. The summed E-state index contributed by atoms with van der Waals surface area (Å²) in [5.41, 5.74) is 5.53. The van der Waals surface area contributed by atoms with Crippen LogP contribution in [0.15, 0.2) is 0 Å². The first-order valence-corrected chi connectivity index (χ1v) is 7.75. The molecule has 2 aliphatic rings. The molecule has 0 atom stereocenters. The number of ether oxygens (including phenoxy) is 1. The number of hydrogen-bond acceptors (Lipinski definition) is 4. The molecule has 114 valence electrons. The Morgan fingerprint density at radius 2 is 1.75 bits per heavy atom. The molecule has 6 heteroatoms. The van der Waals surface area contributed by atoms with Crippen molar-refractivity contribution in [1.29, 1.82) is 0 Å². The van der Waals surface area contributed by atoms with E-state index in [-0.39, 0.29) is 11.5 Å². The van der Waals surface area contributed by atoms with Crippen LogP contribution in [-0.4, -0.2) is 65.6 Å². The quantitative estimate of drug-likeness (QED) is 0.774. The van der Waals surface area contributed by atoms with Gasteiger partial charge in [-0.15, -0.1) is 0 Å². The molecule has 1 amide bonds. The Kier molecular flexibility index (Phi) is 4.99. The van der Waals surface area contributed by atoms with E-state index in [1.807, 2.05) is 18.7 Å². The number of rotatable bonds is 3. The Balaban J connectivity index is 1.87. The molecule has 20 heavy (non-hydrogen) atoms. The van der Waals surface area contributed by atoms with Gasteiger partial charge in [-0.2, -0.15) is 0 Å². The fourth-order valence-corrected chi connectivity index (χ4v) is 2.97. The van der Waals surface area contributed by atoms with Crippen molar-refractivity contribution in [2.75, 3.05) is 39.4 Å². The highest BCUT2D eigenvalue weighted by Crippen LogP contribution is 2.21. The van der Waals surface area contributed by atoms with Crippen LogP contribution in [0.25, 0.3) is 0 Å². The predicted octanol–water partition coefficient (Wildman–Crippen LogP) is 0.622. The van der Waals surface area contributed by atoms with Crippen LogP contribution in [0.4, 0.5) is 0 Å². The molecule has 0 aromatic rings. The molecule has 2 aliphatic heterocycles. The molecule has 0 bridgehead atoms. The van der Waals surface area contributed by atoms with Crippen molar-refractivity contribution in [2.24, 2.45) is 11.7 Å². The molecule has 0 aromatic carbocycles. The van der Waals surface area contributed by atoms with Crippen molar-refractivity contribution in [1.82, 2.24) is 9.80 Å². The fourth-order valence-electron chi connectivity index (χ4n) is 2.84. The van der Waals surface area contributed by atoms with Crippen LogP contribution >= 0.6 is 12.2 Å². The summed E-state index contributed by atoms with van der Waals surface area (Å²) >= 11 is 5.14. The molecule has 0 aliphatic carbocycles. The molecule has 0 radical (unpaired) electrons. The molecule has 5 nitrogen and oxygen atoms in total. The van der Waals surface area contributed by atoms with Gasteiger partial charge in [0, 0.05) is 45.3 Å². The zero-order chi connectivity index (χ0) is 14.8. The summed E-state index contributed by atoms with van der Waals surface area (Å²) < 4.78 is 5.32. The highest BCUT2D eigenvalue weighted by Gasteiger charge is 2.35. The number of nitrogens with two attached hydrogens (primary N) is 1. The average molecular weight is 299 g/mol. The van der Waals surface area contributed by atoms with Gasteiger partial charge in [0.1, 0.15) is 0 Å². The number of hydrogen-bond donors (Lipinski definition) is 1. The first-order valence-electron chi connectivity index (χ1n) is 7.34. The van der Waals surface area contributed by atoms with Crippen LogP contribution in [0.5, 0.6) is 0 Å². The number of amides is 1. The molecule has 2 heterocycles. The summed E-state index contributed by atoms with van der Waals surface area (Å²) in [6.07, 6.45) is 1.72. The minimum atomic E-state index is -0.275. The Morgan fingerprint density at radius 1 is 1.20 bits per heavy atom. The highest BCUT2D eigenvalue weighted by molar-refractivity contribution is 7.80. The lowest BCUT2D eigenvalue weighted by Crippen LogP contribution is -2.60. The van der Waals surface area contributed by atoms with E-state index in [2.05, 4.69) is 4.90 Å². The predicted molar refractivity (Wildman–Crippen MR) is 82.6 cm³/mol. The number of nitrogens with zero attached hydrogens (tertiary/aromatic N) is 2. The van der Waals surface area contributed by atoms with Gasteiger partial charge >= 0.3 is 0 Å². The van der Waals surface area contributed by atoms with Crippen LogP contribution in [0, 0.1) is 5.92 Å². The largest absolute Gasteiger partial charge is 0.392 e. The van der Waals surface area contributed by atoms with E-state index in [1.165, 1.54) is 0 Å². The van der Waals surface area contributed by atoms with Gasteiger partial charge < -0.3 is 15.4 Å². The lowest BCUT2D eigenvalue weighted by atomic mass is 9.97. The van der Waals surface area contributed by atoms with Crippen LogP contribution in [-0.2, 0) is 9.53 Å². The zero-order valence-corrected chi connectivity index (χ0v) is 13.2. The van der Waals surface area contributed by atoms with Crippen LogP contribution in [0.1, 0.15) is 26.7 Å². The summed E-state index contributed by atoms with van der Waals surface area (Å²) in [4.78, 5) is 17.2.